The quantitative estimate of drug-likeness (QED) is 0.358. The van der Waals surface area contributed by atoms with Crippen molar-refractivity contribution in [2.45, 2.75) is 6.61 Å². The second-order valence-corrected chi connectivity index (χ2v) is 7.49. The molecule has 0 atom stereocenters. The highest BCUT2D eigenvalue weighted by atomic mass is 35.5. The van der Waals surface area contributed by atoms with E-state index in [4.69, 9.17) is 20.8 Å². The third-order valence-electron chi connectivity index (χ3n) is 5.19. The molecule has 6 nitrogen and oxygen atoms in total. The van der Waals surface area contributed by atoms with Gasteiger partial charge in [-0.15, -0.1) is 0 Å². The fourth-order valence-corrected chi connectivity index (χ4v) is 3.95. The number of carbonyl (C=O) groups is 3. The fraction of sp³-hybridized carbons (Fsp3) is 0.0400. The first kappa shape index (κ1) is 19.9. The van der Waals surface area contributed by atoms with Gasteiger partial charge in [-0.3, -0.25) is 9.59 Å². The normalized spacial score (nSPS) is 12.3. The SMILES string of the molecule is O=C(OCc1ncc(-c2ccccc2)o1)c1ccc2c(c1Cl)C(=O)c1ccccc1C2=O. The molecule has 1 heterocycles. The maximum absolute atomic E-state index is 13.0. The number of esters is 1. The minimum atomic E-state index is -0.753. The van der Waals surface area contributed by atoms with Crippen molar-refractivity contribution >= 4 is 29.1 Å². The Morgan fingerprint density at radius 1 is 0.875 bits per heavy atom. The van der Waals surface area contributed by atoms with Crippen molar-refractivity contribution < 1.29 is 23.5 Å². The highest BCUT2D eigenvalue weighted by Crippen LogP contribution is 2.34. The predicted octanol–water partition coefficient (Wildman–Crippen LogP) is 5.13. The average molecular weight is 444 g/mol. The van der Waals surface area contributed by atoms with Crippen LogP contribution in [0.25, 0.3) is 11.3 Å². The summed E-state index contributed by atoms with van der Waals surface area (Å²) in [7, 11) is 0. The van der Waals surface area contributed by atoms with E-state index in [1.165, 1.54) is 12.1 Å². The van der Waals surface area contributed by atoms with Crippen molar-refractivity contribution in [2.75, 3.05) is 0 Å². The van der Waals surface area contributed by atoms with Crippen LogP contribution in [0.1, 0.15) is 48.1 Å². The van der Waals surface area contributed by atoms with E-state index in [1.54, 1.807) is 30.5 Å². The van der Waals surface area contributed by atoms with Crippen LogP contribution < -0.4 is 0 Å². The molecule has 7 heteroatoms. The summed E-state index contributed by atoms with van der Waals surface area (Å²) in [5.74, 6) is -0.714. The molecule has 0 amide bonds. The Labute approximate surface area is 187 Å². The molecule has 0 spiro atoms. The van der Waals surface area contributed by atoms with Gasteiger partial charge in [0.15, 0.2) is 23.9 Å². The Morgan fingerprint density at radius 2 is 1.56 bits per heavy atom. The topological polar surface area (TPSA) is 86.5 Å². The summed E-state index contributed by atoms with van der Waals surface area (Å²) in [6, 6.07) is 18.7. The predicted molar refractivity (Wildman–Crippen MR) is 116 cm³/mol. The monoisotopic (exact) mass is 443 g/mol. The molecular formula is C25H14ClNO5. The van der Waals surface area contributed by atoms with Gasteiger partial charge in [-0.05, 0) is 12.1 Å². The molecule has 1 aliphatic carbocycles. The third-order valence-corrected chi connectivity index (χ3v) is 5.58. The van der Waals surface area contributed by atoms with Gasteiger partial charge in [-0.2, -0.15) is 0 Å². The van der Waals surface area contributed by atoms with Crippen LogP contribution >= 0.6 is 11.6 Å². The van der Waals surface area contributed by atoms with E-state index in [1.807, 2.05) is 30.3 Å². The Hall–Kier alpha value is -4.03. The zero-order valence-electron chi connectivity index (χ0n) is 16.5. The van der Waals surface area contributed by atoms with E-state index < -0.39 is 11.8 Å². The van der Waals surface area contributed by atoms with Crippen LogP contribution in [0.2, 0.25) is 5.02 Å². The lowest BCUT2D eigenvalue weighted by atomic mass is 9.83. The lowest BCUT2D eigenvalue weighted by Crippen LogP contribution is -2.22. The van der Waals surface area contributed by atoms with Gasteiger partial charge in [0.1, 0.15) is 0 Å². The first-order valence-corrected chi connectivity index (χ1v) is 10.1. The molecule has 3 aromatic carbocycles. The zero-order valence-corrected chi connectivity index (χ0v) is 17.3. The molecule has 4 aromatic rings. The minimum Gasteiger partial charge on any atom is -0.452 e. The Bertz CT molecular complexity index is 1390. The number of carbonyl (C=O) groups excluding carboxylic acids is 3. The first-order valence-electron chi connectivity index (χ1n) is 9.73. The number of hydrogen-bond donors (Lipinski definition) is 0. The van der Waals surface area contributed by atoms with Crippen molar-refractivity contribution in [1.82, 2.24) is 4.98 Å². The lowest BCUT2D eigenvalue weighted by molar-refractivity contribution is 0.0439. The van der Waals surface area contributed by atoms with Gasteiger partial charge in [0.2, 0.25) is 5.89 Å². The van der Waals surface area contributed by atoms with Crippen LogP contribution in [-0.2, 0) is 11.3 Å². The molecule has 32 heavy (non-hydrogen) atoms. The maximum atomic E-state index is 13.0. The number of ketones is 2. The minimum absolute atomic E-state index is 0.00676. The van der Waals surface area contributed by atoms with Crippen LogP contribution in [0.4, 0.5) is 0 Å². The lowest BCUT2D eigenvalue weighted by Gasteiger charge is -2.19. The van der Waals surface area contributed by atoms with Gasteiger partial charge in [0.05, 0.1) is 22.3 Å². The molecule has 0 aliphatic heterocycles. The second kappa shape index (κ2) is 7.90. The van der Waals surface area contributed by atoms with E-state index in [9.17, 15) is 14.4 Å². The molecule has 156 valence electrons. The van der Waals surface area contributed by atoms with Gasteiger partial charge in [0, 0.05) is 22.3 Å². The van der Waals surface area contributed by atoms with E-state index in [-0.39, 0.29) is 45.6 Å². The van der Waals surface area contributed by atoms with Gasteiger partial charge >= 0.3 is 5.97 Å². The highest BCUT2D eigenvalue weighted by molar-refractivity contribution is 6.41. The molecule has 0 fully saturated rings. The summed E-state index contributed by atoms with van der Waals surface area (Å²) in [6.07, 6.45) is 1.55. The van der Waals surface area contributed by atoms with Crippen molar-refractivity contribution in [2.24, 2.45) is 0 Å². The van der Waals surface area contributed by atoms with Crippen molar-refractivity contribution in [3.63, 3.8) is 0 Å². The number of oxazole rings is 1. The van der Waals surface area contributed by atoms with Crippen molar-refractivity contribution in [3.05, 3.63) is 112 Å². The Morgan fingerprint density at radius 3 is 2.31 bits per heavy atom. The third kappa shape index (κ3) is 3.31. The molecule has 0 unspecified atom stereocenters. The summed E-state index contributed by atoms with van der Waals surface area (Å²) in [4.78, 5) is 42.5. The number of nitrogens with zero attached hydrogens (tertiary/aromatic N) is 1. The number of fused-ring (bicyclic) bond motifs is 2. The molecule has 0 saturated carbocycles. The summed E-state index contributed by atoms with van der Waals surface area (Å²) in [5.41, 5.74) is 1.57. The van der Waals surface area contributed by atoms with Gasteiger partial charge < -0.3 is 9.15 Å². The van der Waals surface area contributed by atoms with Crippen LogP contribution in [0.5, 0.6) is 0 Å². The van der Waals surface area contributed by atoms with E-state index >= 15 is 0 Å². The molecule has 0 radical (unpaired) electrons. The van der Waals surface area contributed by atoms with E-state index in [2.05, 4.69) is 4.98 Å². The summed E-state index contributed by atoms with van der Waals surface area (Å²) in [6.45, 7) is -0.214. The fourth-order valence-electron chi connectivity index (χ4n) is 3.62. The average Bonchev–Trinajstić information content (AvgIpc) is 3.30. The van der Waals surface area contributed by atoms with E-state index in [0.717, 1.165) is 5.56 Å². The maximum Gasteiger partial charge on any atom is 0.340 e. The summed E-state index contributed by atoms with van der Waals surface area (Å²) < 4.78 is 10.9. The molecule has 1 aliphatic rings. The largest absolute Gasteiger partial charge is 0.452 e. The van der Waals surface area contributed by atoms with Gasteiger partial charge in [0.25, 0.3) is 0 Å². The smallest absolute Gasteiger partial charge is 0.340 e. The number of rotatable bonds is 4. The van der Waals surface area contributed by atoms with E-state index in [0.29, 0.717) is 11.3 Å². The summed E-state index contributed by atoms with van der Waals surface area (Å²) in [5, 5.41) is -0.113. The van der Waals surface area contributed by atoms with Crippen LogP contribution in [0, 0.1) is 0 Å². The number of hydrogen-bond acceptors (Lipinski definition) is 6. The zero-order chi connectivity index (χ0) is 22.2. The van der Waals surface area contributed by atoms with Crippen molar-refractivity contribution in [1.29, 1.82) is 0 Å². The van der Waals surface area contributed by atoms with Gasteiger partial charge in [-0.25, -0.2) is 9.78 Å². The number of aromatic nitrogens is 1. The highest BCUT2D eigenvalue weighted by Gasteiger charge is 2.33. The molecule has 1 aromatic heterocycles. The Kier molecular flexibility index (Phi) is 4.92. The standard InChI is InChI=1S/C25H14ClNO5/c26-22-18(11-10-17-21(22)24(29)16-9-5-4-8-15(16)23(17)28)25(30)31-13-20-27-12-19(32-20)14-6-2-1-3-7-14/h1-12H,13H2. The van der Waals surface area contributed by atoms with Crippen LogP contribution in [0.15, 0.2) is 77.3 Å². The number of halogens is 1. The van der Waals surface area contributed by atoms with Crippen LogP contribution in [-0.4, -0.2) is 22.5 Å². The molecule has 0 N–H and O–H groups in total. The molecular weight excluding hydrogens is 430 g/mol. The van der Waals surface area contributed by atoms with Crippen molar-refractivity contribution in [3.8, 4) is 11.3 Å². The first-order chi connectivity index (χ1) is 15.5. The summed E-state index contributed by atoms with van der Waals surface area (Å²) >= 11 is 6.40. The van der Waals surface area contributed by atoms with Crippen LogP contribution in [0.3, 0.4) is 0 Å². The Balaban J connectivity index is 1.38. The second-order valence-electron chi connectivity index (χ2n) is 7.11. The molecule has 5 rings (SSSR count). The number of benzene rings is 3. The molecule has 0 bridgehead atoms. The molecule has 0 saturated heterocycles. The van der Waals surface area contributed by atoms with Gasteiger partial charge in [-0.1, -0.05) is 66.2 Å². The number of ether oxygens (including phenoxy) is 1.